The molecular formula is C4H6ClIO2S. The van der Waals surface area contributed by atoms with Gasteiger partial charge in [-0.3, -0.25) is 0 Å². The van der Waals surface area contributed by atoms with Gasteiger partial charge in [-0.25, -0.2) is 8.42 Å². The Hall–Kier alpha value is 0.970. The predicted molar refractivity (Wildman–Crippen MR) is 46.1 cm³/mol. The van der Waals surface area contributed by atoms with Gasteiger partial charge in [0.1, 0.15) is 0 Å². The van der Waals surface area contributed by atoms with Crippen LogP contribution < -0.4 is 0 Å². The Bertz CT molecular complexity index is 185. The number of halogens is 2. The van der Waals surface area contributed by atoms with E-state index in [9.17, 15) is 8.42 Å². The second-order valence-corrected chi connectivity index (χ2v) is 6.42. The average Bonchev–Trinajstić information content (AvgIpc) is 1.79. The third-order valence-corrected chi connectivity index (χ3v) is 5.93. The Morgan fingerprint density at radius 2 is 2.00 bits per heavy atom. The zero-order valence-corrected chi connectivity index (χ0v) is 8.28. The van der Waals surface area contributed by atoms with Gasteiger partial charge in [0.05, 0.1) is 16.9 Å². The summed E-state index contributed by atoms with van der Waals surface area (Å²) in [6.07, 6.45) is 0. The van der Waals surface area contributed by atoms with Crippen LogP contribution in [0.15, 0.2) is 0 Å². The Morgan fingerprint density at radius 3 is 2.11 bits per heavy atom. The molecular weight excluding hydrogens is 274 g/mol. The van der Waals surface area contributed by atoms with Crippen molar-refractivity contribution in [3.05, 3.63) is 0 Å². The van der Waals surface area contributed by atoms with Gasteiger partial charge in [-0.15, -0.1) is 11.6 Å². The molecule has 0 bridgehead atoms. The fourth-order valence-electron chi connectivity index (χ4n) is 0.762. The highest BCUT2D eigenvalue weighted by atomic mass is 127. The molecule has 0 aromatic rings. The van der Waals surface area contributed by atoms with Crippen LogP contribution in [0.2, 0.25) is 0 Å². The Morgan fingerprint density at radius 1 is 1.44 bits per heavy atom. The van der Waals surface area contributed by atoms with E-state index in [1.54, 1.807) is 0 Å². The van der Waals surface area contributed by atoms with Crippen LogP contribution in [0.1, 0.15) is 0 Å². The number of hydrogen-bond acceptors (Lipinski definition) is 2. The van der Waals surface area contributed by atoms with Gasteiger partial charge in [-0.2, -0.15) is 0 Å². The van der Waals surface area contributed by atoms with Gasteiger partial charge in [0.2, 0.25) is 0 Å². The lowest BCUT2D eigenvalue weighted by Gasteiger charge is -1.97. The SMILES string of the molecule is O=S1(=O)CC(Cl)C(I)C1. The van der Waals surface area contributed by atoms with E-state index < -0.39 is 9.84 Å². The summed E-state index contributed by atoms with van der Waals surface area (Å²) in [5.74, 6) is 0.407. The maximum atomic E-state index is 10.8. The van der Waals surface area contributed by atoms with Crippen molar-refractivity contribution in [1.82, 2.24) is 0 Å². The molecule has 2 atom stereocenters. The van der Waals surface area contributed by atoms with E-state index in [0.29, 0.717) is 0 Å². The molecule has 0 spiro atoms. The highest BCUT2D eigenvalue weighted by molar-refractivity contribution is 14.1. The lowest BCUT2D eigenvalue weighted by Crippen LogP contribution is -2.08. The fraction of sp³-hybridized carbons (Fsp3) is 1.00. The standard InChI is InChI=1S/C4H6ClIO2S/c5-3-1-9(7,8)2-4(3)6/h3-4H,1-2H2. The summed E-state index contributed by atoms with van der Waals surface area (Å²) in [7, 11) is -2.78. The molecule has 0 N–H and O–H groups in total. The first kappa shape index (κ1) is 8.07. The first-order valence-corrected chi connectivity index (χ1v) is 6.00. The molecule has 2 nitrogen and oxygen atoms in total. The minimum absolute atomic E-state index is 0.106. The molecule has 1 aliphatic heterocycles. The van der Waals surface area contributed by atoms with Crippen LogP contribution in [0.3, 0.4) is 0 Å². The van der Waals surface area contributed by atoms with E-state index in [2.05, 4.69) is 22.6 Å². The topological polar surface area (TPSA) is 34.1 Å². The van der Waals surface area contributed by atoms with E-state index in [4.69, 9.17) is 11.6 Å². The molecule has 0 saturated carbocycles. The summed E-state index contributed by atoms with van der Waals surface area (Å²) < 4.78 is 21.6. The number of hydrogen-bond donors (Lipinski definition) is 0. The third kappa shape index (κ3) is 1.94. The van der Waals surface area contributed by atoms with Gasteiger partial charge in [0.15, 0.2) is 9.84 Å². The summed E-state index contributed by atoms with van der Waals surface area (Å²) in [4.78, 5) is 0. The minimum Gasteiger partial charge on any atom is -0.229 e. The summed E-state index contributed by atoms with van der Waals surface area (Å²) in [5, 5.41) is -0.171. The average molecular weight is 281 g/mol. The molecule has 0 amide bonds. The van der Waals surface area contributed by atoms with E-state index in [1.807, 2.05) is 0 Å². The second kappa shape index (κ2) is 2.54. The monoisotopic (exact) mass is 280 g/mol. The van der Waals surface area contributed by atoms with Gasteiger partial charge in [-0.05, 0) is 0 Å². The van der Waals surface area contributed by atoms with Crippen LogP contribution in [0.5, 0.6) is 0 Å². The number of sulfone groups is 1. The highest BCUT2D eigenvalue weighted by Crippen LogP contribution is 2.24. The smallest absolute Gasteiger partial charge is 0.152 e. The van der Waals surface area contributed by atoms with Crippen LogP contribution in [0, 0.1) is 0 Å². The van der Waals surface area contributed by atoms with Gasteiger partial charge in [-0.1, -0.05) is 22.6 Å². The molecule has 2 unspecified atom stereocenters. The van der Waals surface area contributed by atoms with Crippen LogP contribution in [0.4, 0.5) is 0 Å². The van der Waals surface area contributed by atoms with E-state index >= 15 is 0 Å². The molecule has 1 fully saturated rings. The molecule has 1 rings (SSSR count). The maximum Gasteiger partial charge on any atom is 0.152 e. The fourth-order valence-corrected chi connectivity index (χ4v) is 5.35. The quantitative estimate of drug-likeness (QED) is 0.486. The first-order chi connectivity index (χ1) is 4.01. The molecule has 0 aromatic heterocycles. The van der Waals surface area contributed by atoms with E-state index in [-0.39, 0.29) is 20.8 Å². The molecule has 1 aliphatic rings. The van der Waals surface area contributed by atoms with Crippen molar-refractivity contribution < 1.29 is 8.42 Å². The first-order valence-electron chi connectivity index (χ1n) is 2.50. The Balaban J connectivity index is 2.77. The lowest BCUT2D eigenvalue weighted by molar-refractivity contribution is 0.602. The maximum absolute atomic E-state index is 10.8. The minimum atomic E-state index is -2.78. The van der Waals surface area contributed by atoms with Crippen molar-refractivity contribution in [2.45, 2.75) is 9.30 Å². The molecule has 0 aromatic carbocycles. The van der Waals surface area contributed by atoms with Crippen molar-refractivity contribution in [3.8, 4) is 0 Å². The zero-order chi connectivity index (χ0) is 7.07. The molecule has 0 radical (unpaired) electrons. The van der Waals surface area contributed by atoms with Crippen molar-refractivity contribution in [2.75, 3.05) is 11.5 Å². The number of alkyl halides is 2. The Labute approximate surface area is 73.0 Å². The van der Waals surface area contributed by atoms with Crippen molar-refractivity contribution in [3.63, 3.8) is 0 Å². The van der Waals surface area contributed by atoms with E-state index in [0.717, 1.165) is 0 Å². The van der Waals surface area contributed by atoms with Gasteiger partial charge >= 0.3 is 0 Å². The summed E-state index contributed by atoms with van der Waals surface area (Å²) in [6.45, 7) is 0. The molecule has 0 aliphatic carbocycles. The normalized spacial score (nSPS) is 41.1. The van der Waals surface area contributed by atoms with Gasteiger partial charge in [0.25, 0.3) is 0 Å². The highest BCUT2D eigenvalue weighted by Gasteiger charge is 2.34. The van der Waals surface area contributed by atoms with Gasteiger partial charge in [0, 0.05) is 3.92 Å². The molecule has 1 heterocycles. The van der Waals surface area contributed by atoms with Crippen LogP contribution in [0.25, 0.3) is 0 Å². The second-order valence-electron chi connectivity index (χ2n) is 2.11. The van der Waals surface area contributed by atoms with E-state index in [1.165, 1.54) is 0 Å². The largest absolute Gasteiger partial charge is 0.229 e. The summed E-state index contributed by atoms with van der Waals surface area (Å²) in [6, 6.07) is 0. The van der Waals surface area contributed by atoms with Crippen molar-refractivity contribution in [2.24, 2.45) is 0 Å². The summed E-state index contributed by atoms with van der Waals surface area (Å²) >= 11 is 7.73. The van der Waals surface area contributed by atoms with Crippen LogP contribution in [-0.2, 0) is 9.84 Å². The zero-order valence-electron chi connectivity index (χ0n) is 4.55. The number of rotatable bonds is 0. The summed E-state index contributed by atoms with van der Waals surface area (Å²) in [5.41, 5.74) is 0. The van der Waals surface area contributed by atoms with Crippen molar-refractivity contribution >= 4 is 44.0 Å². The molecule has 1 saturated heterocycles. The Kier molecular flexibility index (Phi) is 2.28. The molecule has 54 valence electrons. The lowest BCUT2D eigenvalue weighted by atomic mass is 10.4. The molecule has 9 heavy (non-hydrogen) atoms. The van der Waals surface area contributed by atoms with Gasteiger partial charge < -0.3 is 0 Å². The predicted octanol–water partition coefficient (Wildman–Crippen LogP) is 0.826. The van der Waals surface area contributed by atoms with Crippen LogP contribution >= 0.6 is 34.2 Å². The third-order valence-electron chi connectivity index (χ3n) is 1.22. The molecule has 5 heteroatoms. The van der Waals surface area contributed by atoms with Crippen molar-refractivity contribution in [1.29, 1.82) is 0 Å². The van der Waals surface area contributed by atoms with Crippen LogP contribution in [-0.4, -0.2) is 29.2 Å².